The van der Waals surface area contributed by atoms with E-state index in [1.54, 1.807) is 0 Å². The minimum atomic E-state index is -3.55. The number of benzene rings is 1. The van der Waals surface area contributed by atoms with Gasteiger partial charge in [0.1, 0.15) is 0 Å². The predicted molar refractivity (Wildman–Crippen MR) is 72.5 cm³/mol. The minimum Gasteiger partial charge on any atom is -0.391 e. The largest absolute Gasteiger partial charge is 0.391 e. The highest BCUT2D eigenvalue weighted by Gasteiger charge is 2.30. The first kappa shape index (κ1) is 14.9. The second kappa shape index (κ2) is 5.86. The van der Waals surface area contributed by atoms with E-state index in [-0.39, 0.29) is 23.9 Å². The Morgan fingerprint density at radius 1 is 1.35 bits per heavy atom. The molecule has 1 atom stereocenters. The van der Waals surface area contributed by atoms with Gasteiger partial charge in [-0.05, 0) is 24.3 Å². The van der Waals surface area contributed by atoms with Crippen LogP contribution in [0.15, 0.2) is 24.3 Å². The molecule has 2 N–H and O–H groups in total. The zero-order valence-corrected chi connectivity index (χ0v) is 11.5. The molecular weight excluding hydrogens is 284 g/mol. The number of rotatable bonds is 7. The molecule has 7 nitrogen and oxygen atoms in total. The maximum absolute atomic E-state index is 11.8. The molecule has 1 aromatic carbocycles. The summed E-state index contributed by atoms with van der Waals surface area (Å²) < 4.78 is 26.0. The van der Waals surface area contributed by atoms with E-state index in [1.165, 1.54) is 24.3 Å². The number of hydrogen-bond donors (Lipinski definition) is 2. The van der Waals surface area contributed by atoms with Crippen molar-refractivity contribution in [1.29, 1.82) is 0 Å². The van der Waals surface area contributed by atoms with Crippen LogP contribution in [0, 0.1) is 16.0 Å². The Morgan fingerprint density at radius 2 is 1.95 bits per heavy atom. The van der Waals surface area contributed by atoms with E-state index in [0.717, 1.165) is 12.8 Å². The van der Waals surface area contributed by atoms with Crippen LogP contribution >= 0.6 is 0 Å². The molecule has 1 saturated carbocycles. The first-order valence-electron chi connectivity index (χ1n) is 6.26. The Hall–Kier alpha value is -1.51. The molecule has 8 heteroatoms. The van der Waals surface area contributed by atoms with E-state index in [1.807, 2.05) is 0 Å². The molecule has 1 aliphatic rings. The summed E-state index contributed by atoms with van der Waals surface area (Å²) in [5, 5.41) is 20.1. The van der Waals surface area contributed by atoms with E-state index in [2.05, 4.69) is 4.72 Å². The highest BCUT2D eigenvalue weighted by Crippen LogP contribution is 2.32. The number of nitrogens with one attached hydrogen (secondary N) is 1. The van der Waals surface area contributed by atoms with E-state index in [4.69, 9.17) is 0 Å². The van der Waals surface area contributed by atoms with Crippen LogP contribution in [0.5, 0.6) is 0 Å². The molecule has 1 unspecified atom stereocenters. The molecule has 1 aliphatic carbocycles. The molecule has 0 aliphatic heterocycles. The van der Waals surface area contributed by atoms with Gasteiger partial charge < -0.3 is 5.11 Å². The number of nitro groups is 1. The molecule has 0 amide bonds. The molecule has 1 fully saturated rings. The van der Waals surface area contributed by atoms with Gasteiger partial charge in [0.25, 0.3) is 5.69 Å². The van der Waals surface area contributed by atoms with Crippen molar-refractivity contribution in [1.82, 2.24) is 4.72 Å². The molecule has 0 radical (unpaired) electrons. The summed E-state index contributed by atoms with van der Waals surface area (Å²) in [6, 6.07) is 5.36. The number of aliphatic hydroxyl groups is 1. The van der Waals surface area contributed by atoms with E-state index in [9.17, 15) is 23.6 Å². The fraction of sp³-hybridized carbons (Fsp3) is 0.500. The zero-order chi connectivity index (χ0) is 14.8. The van der Waals surface area contributed by atoms with Gasteiger partial charge in [-0.3, -0.25) is 10.1 Å². The fourth-order valence-electron chi connectivity index (χ4n) is 1.84. The second-order valence-electron chi connectivity index (χ2n) is 4.94. The summed E-state index contributed by atoms with van der Waals surface area (Å²) in [6.45, 7) is 0.0139. The average Bonchev–Trinajstić information content (AvgIpc) is 3.20. The van der Waals surface area contributed by atoms with Crippen LogP contribution in [0.3, 0.4) is 0 Å². The van der Waals surface area contributed by atoms with Gasteiger partial charge in [-0.2, -0.15) is 0 Å². The van der Waals surface area contributed by atoms with Crippen LogP contribution in [-0.2, 0) is 15.8 Å². The van der Waals surface area contributed by atoms with Gasteiger partial charge in [0.15, 0.2) is 0 Å². The standard InChI is InChI=1S/C12H16N2O5S/c15-12(10-3-4-10)7-13-20(18,19)8-9-1-5-11(6-2-9)14(16)17/h1-2,5-6,10,12-13,15H,3-4,7-8H2. The number of sulfonamides is 1. The second-order valence-corrected chi connectivity index (χ2v) is 6.74. The number of nitro benzene ring substituents is 1. The lowest BCUT2D eigenvalue weighted by molar-refractivity contribution is -0.384. The van der Waals surface area contributed by atoms with E-state index in [0.29, 0.717) is 5.56 Å². The smallest absolute Gasteiger partial charge is 0.269 e. The van der Waals surface area contributed by atoms with Gasteiger partial charge in [0, 0.05) is 18.7 Å². The van der Waals surface area contributed by atoms with Crippen molar-refractivity contribution >= 4 is 15.7 Å². The summed E-state index contributed by atoms with van der Waals surface area (Å²) in [5.74, 6) is -0.0559. The Balaban J connectivity index is 1.91. The maximum Gasteiger partial charge on any atom is 0.269 e. The van der Waals surface area contributed by atoms with Crippen LogP contribution in [0.1, 0.15) is 18.4 Å². The molecule has 0 spiro atoms. The van der Waals surface area contributed by atoms with Gasteiger partial charge in [-0.25, -0.2) is 13.1 Å². The van der Waals surface area contributed by atoms with Crippen molar-refractivity contribution in [3.8, 4) is 0 Å². The molecule has 1 aromatic rings. The van der Waals surface area contributed by atoms with Crippen LogP contribution in [0.2, 0.25) is 0 Å². The lowest BCUT2D eigenvalue weighted by atomic mass is 10.2. The van der Waals surface area contributed by atoms with Crippen LogP contribution < -0.4 is 4.72 Å². The van der Waals surface area contributed by atoms with Crippen molar-refractivity contribution in [2.75, 3.05) is 6.54 Å². The molecule has 2 rings (SSSR count). The topological polar surface area (TPSA) is 110 Å². The average molecular weight is 300 g/mol. The lowest BCUT2D eigenvalue weighted by Gasteiger charge is -2.11. The first-order valence-corrected chi connectivity index (χ1v) is 7.91. The summed E-state index contributed by atoms with van der Waals surface area (Å²) in [4.78, 5) is 9.95. The van der Waals surface area contributed by atoms with Crippen molar-refractivity contribution in [2.24, 2.45) is 5.92 Å². The molecule has 110 valence electrons. The number of hydrogen-bond acceptors (Lipinski definition) is 5. The monoisotopic (exact) mass is 300 g/mol. The summed E-state index contributed by atoms with van der Waals surface area (Å²) in [7, 11) is -3.55. The normalized spacial score (nSPS) is 16.9. The van der Waals surface area contributed by atoms with Crippen molar-refractivity contribution in [2.45, 2.75) is 24.7 Å². The Bertz CT molecular complexity index is 580. The zero-order valence-electron chi connectivity index (χ0n) is 10.7. The third-order valence-electron chi connectivity index (χ3n) is 3.18. The molecule has 0 aromatic heterocycles. The SMILES string of the molecule is O=[N+]([O-])c1ccc(CS(=O)(=O)NCC(O)C2CC2)cc1. The molecule has 20 heavy (non-hydrogen) atoms. The van der Waals surface area contributed by atoms with E-state index >= 15 is 0 Å². The van der Waals surface area contributed by atoms with Gasteiger partial charge >= 0.3 is 0 Å². The summed E-state index contributed by atoms with van der Waals surface area (Å²) in [5.41, 5.74) is 0.382. The highest BCUT2D eigenvalue weighted by atomic mass is 32.2. The van der Waals surface area contributed by atoms with Crippen molar-refractivity contribution < 1.29 is 18.4 Å². The third kappa shape index (κ3) is 4.26. The molecule has 0 bridgehead atoms. The maximum atomic E-state index is 11.8. The van der Waals surface area contributed by atoms with Gasteiger partial charge in [0.05, 0.1) is 16.8 Å². The highest BCUT2D eigenvalue weighted by molar-refractivity contribution is 7.88. The van der Waals surface area contributed by atoms with Crippen molar-refractivity contribution in [3.63, 3.8) is 0 Å². The third-order valence-corrected chi connectivity index (χ3v) is 4.50. The van der Waals surface area contributed by atoms with Crippen LogP contribution in [0.4, 0.5) is 5.69 Å². The van der Waals surface area contributed by atoms with Crippen LogP contribution in [-0.4, -0.2) is 31.1 Å². The number of aliphatic hydroxyl groups excluding tert-OH is 1. The number of non-ortho nitro benzene ring substituents is 1. The summed E-state index contributed by atoms with van der Waals surface area (Å²) in [6.07, 6.45) is 1.23. The van der Waals surface area contributed by atoms with Crippen molar-refractivity contribution in [3.05, 3.63) is 39.9 Å². The molecule has 0 saturated heterocycles. The Labute approximate surface area is 116 Å². The lowest BCUT2D eigenvalue weighted by Crippen LogP contribution is -2.33. The van der Waals surface area contributed by atoms with Gasteiger partial charge in [-0.15, -0.1) is 0 Å². The fourth-order valence-corrected chi connectivity index (χ4v) is 3.00. The number of nitrogens with zero attached hydrogens (tertiary/aromatic N) is 1. The summed E-state index contributed by atoms with van der Waals surface area (Å²) >= 11 is 0. The Morgan fingerprint density at radius 3 is 2.45 bits per heavy atom. The predicted octanol–water partition coefficient (Wildman–Crippen LogP) is 0.785. The van der Waals surface area contributed by atoms with Crippen LogP contribution in [0.25, 0.3) is 0 Å². The minimum absolute atomic E-state index is 0.0139. The first-order chi connectivity index (χ1) is 9.37. The Kier molecular flexibility index (Phi) is 4.36. The van der Waals surface area contributed by atoms with Gasteiger partial charge in [-0.1, -0.05) is 12.1 Å². The molecular formula is C12H16N2O5S. The van der Waals surface area contributed by atoms with E-state index < -0.39 is 21.1 Å². The van der Waals surface area contributed by atoms with Gasteiger partial charge in [0.2, 0.25) is 10.0 Å². The quantitative estimate of drug-likeness (QED) is 0.571. The molecule has 0 heterocycles.